The Bertz CT molecular complexity index is 456. The molecule has 0 aliphatic carbocycles. The molecule has 0 fully saturated rings. The van der Waals surface area contributed by atoms with Crippen LogP contribution < -0.4 is 10.5 Å². The summed E-state index contributed by atoms with van der Waals surface area (Å²) in [6.07, 6.45) is 17.2. The number of rotatable bonds is 15. The average molecular weight is 348 g/mol. The van der Waals surface area contributed by atoms with Gasteiger partial charge in [-0.1, -0.05) is 84.1 Å². The summed E-state index contributed by atoms with van der Waals surface area (Å²) in [5.74, 6) is 0.885. The van der Waals surface area contributed by atoms with Crippen LogP contribution >= 0.6 is 0 Å². The van der Waals surface area contributed by atoms with E-state index in [4.69, 9.17) is 10.5 Å². The van der Waals surface area contributed by atoms with Crippen LogP contribution in [0.3, 0.4) is 0 Å². The van der Waals surface area contributed by atoms with Crippen molar-refractivity contribution in [3.8, 4) is 5.75 Å². The summed E-state index contributed by atoms with van der Waals surface area (Å²) < 4.78 is 5.87. The van der Waals surface area contributed by atoms with Crippen molar-refractivity contribution in [2.24, 2.45) is 0 Å². The van der Waals surface area contributed by atoms with Gasteiger partial charge in [0.05, 0.1) is 12.3 Å². The second kappa shape index (κ2) is 14.0. The lowest BCUT2D eigenvalue weighted by Crippen LogP contribution is -2.02. The highest BCUT2D eigenvalue weighted by atomic mass is 16.5. The molecule has 0 aliphatic heterocycles. The fraction of sp³-hybridized carbons (Fsp3) is 0.739. The van der Waals surface area contributed by atoms with Crippen LogP contribution in [0.4, 0.5) is 5.69 Å². The standard InChI is InChI=1S/C23H41NO/c1-4-6-8-9-10-11-12-13-14-15-16-21-18-20(3)23(24)22(19-21)25-17-7-5-2/h18-19H,4-17,24H2,1-3H3. The summed E-state index contributed by atoms with van der Waals surface area (Å²) in [6.45, 7) is 7.31. The Labute approximate surface area is 156 Å². The Kier molecular flexibility index (Phi) is 12.3. The predicted octanol–water partition coefficient (Wildman–Crippen LogP) is 7.22. The molecule has 0 aliphatic rings. The maximum absolute atomic E-state index is 6.16. The minimum absolute atomic E-state index is 0.766. The van der Waals surface area contributed by atoms with Crippen LogP contribution in [0.1, 0.15) is 102 Å². The third-order valence-electron chi connectivity index (χ3n) is 4.98. The lowest BCUT2D eigenvalue weighted by molar-refractivity contribution is 0.310. The highest BCUT2D eigenvalue weighted by molar-refractivity contribution is 5.59. The van der Waals surface area contributed by atoms with Gasteiger partial charge in [0.25, 0.3) is 0 Å². The molecule has 0 radical (unpaired) electrons. The van der Waals surface area contributed by atoms with Crippen LogP contribution in [-0.2, 0) is 6.42 Å². The van der Waals surface area contributed by atoms with Crippen LogP contribution in [0.2, 0.25) is 0 Å². The Balaban J connectivity index is 2.21. The Morgan fingerprint density at radius 2 is 1.32 bits per heavy atom. The minimum Gasteiger partial charge on any atom is -0.491 e. The molecule has 25 heavy (non-hydrogen) atoms. The second-order valence-electron chi connectivity index (χ2n) is 7.46. The van der Waals surface area contributed by atoms with E-state index in [9.17, 15) is 0 Å². The molecule has 0 saturated carbocycles. The van der Waals surface area contributed by atoms with Gasteiger partial charge in [0.2, 0.25) is 0 Å². The molecule has 0 saturated heterocycles. The number of nitrogen functional groups attached to an aromatic ring is 1. The van der Waals surface area contributed by atoms with Crippen LogP contribution in [-0.4, -0.2) is 6.61 Å². The summed E-state index contributed by atoms with van der Waals surface area (Å²) >= 11 is 0. The number of aryl methyl sites for hydroxylation is 2. The molecule has 1 aromatic rings. The topological polar surface area (TPSA) is 35.2 Å². The minimum atomic E-state index is 0.766. The smallest absolute Gasteiger partial charge is 0.142 e. The molecule has 0 bridgehead atoms. The molecule has 0 unspecified atom stereocenters. The van der Waals surface area contributed by atoms with E-state index < -0.39 is 0 Å². The van der Waals surface area contributed by atoms with Crippen molar-refractivity contribution in [2.75, 3.05) is 12.3 Å². The van der Waals surface area contributed by atoms with E-state index in [1.165, 1.54) is 69.8 Å². The zero-order valence-electron chi connectivity index (χ0n) is 17.0. The van der Waals surface area contributed by atoms with Crippen molar-refractivity contribution in [2.45, 2.75) is 104 Å². The first-order valence-electron chi connectivity index (χ1n) is 10.7. The van der Waals surface area contributed by atoms with E-state index in [1.54, 1.807) is 0 Å². The number of anilines is 1. The zero-order valence-corrected chi connectivity index (χ0v) is 17.0. The highest BCUT2D eigenvalue weighted by Crippen LogP contribution is 2.28. The molecule has 2 N–H and O–H groups in total. The summed E-state index contributed by atoms with van der Waals surface area (Å²) in [6, 6.07) is 4.39. The molecule has 0 amide bonds. The number of unbranched alkanes of at least 4 members (excludes halogenated alkanes) is 10. The van der Waals surface area contributed by atoms with E-state index in [1.807, 2.05) is 0 Å². The van der Waals surface area contributed by atoms with Gasteiger partial charge in [-0.25, -0.2) is 0 Å². The zero-order chi connectivity index (χ0) is 18.3. The molecule has 1 aromatic carbocycles. The van der Waals surface area contributed by atoms with E-state index in [-0.39, 0.29) is 0 Å². The number of ether oxygens (including phenoxy) is 1. The Morgan fingerprint density at radius 3 is 1.92 bits per heavy atom. The normalized spacial score (nSPS) is 11.0. The molecular formula is C23H41NO. The quantitative estimate of drug-likeness (QED) is 0.268. The van der Waals surface area contributed by atoms with Crippen LogP contribution in [0.5, 0.6) is 5.75 Å². The van der Waals surface area contributed by atoms with Crippen molar-refractivity contribution < 1.29 is 4.74 Å². The van der Waals surface area contributed by atoms with Crippen LogP contribution in [0.15, 0.2) is 12.1 Å². The first-order valence-corrected chi connectivity index (χ1v) is 10.7. The van der Waals surface area contributed by atoms with Gasteiger partial charge in [-0.3, -0.25) is 0 Å². The summed E-state index contributed by atoms with van der Waals surface area (Å²) in [7, 11) is 0. The SMILES string of the molecule is CCCCCCCCCCCCc1cc(C)c(N)c(OCCCC)c1. The monoisotopic (exact) mass is 347 g/mol. The Hall–Kier alpha value is -1.18. The van der Waals surface area contributed by atoms with Gasteiger partial charge in [-0.15, -0.1) is 0 Å². The molecule has 0 atom stereocenters. The lowest BCUT2D eigenvalue weighted by Gasteiger charge is -2.13. The van der Waals surface area contributed by atoms with Gasteiger partial charge >= 0.3 is 0 Å². The molecule has 0 spiro atoms. The fourth-order valence-electron chi connectivity index (χ4n) is 3.24. The van der Waals surface area contributed by atoms with Crippen molar-refractivity contribution in [3.05, 3.63) is 23.3 Å². The third-order valence-corrected chi connectivity index (χ3v) is 4.98. The molecule has 1 rings (SSSR count). The molecule has 144 valence electrons. The second-order valence-corrected chi connectivity index (χ2v) is 7.46. The number of benzene rings is 1. The molecule has 0 aromatic heterocycles. The van der Waals surface area contributed by atoms with Gasteiger partial charge in [0.15, 0.2) is 0 Å². The summed E-state index contributed by atoms with van der Waals surface area (Å²) in [4.78, 5) is 0. The first-order chi connectivity index (χ1) is 12.2. The summed E-state index contributed by atoms with van der Waals surface area (Å²) in [5.41, 5.74) is 9.49. The molecule has 0 heterocycles. The van der Waals surface area contributed by atoms with Crippen LogP contribution in [0.25, 0.3) is 0 Å². The van der Waals surface area contributed by atoms with Gasteiger partial charge < -0.3 is 10.5 Å². The predicted molar refractivity (Wildman–Crippen MR) is 112 cm³/mol. The van der Waals surface area contributed by atoms with E-state index in [0.29, 0.717) is 0 Å². The van der Waals surface area contributed by atoms with Crippen molar-refractivity contribution in [3.63, 3.8) is 0 Å². The first kappa shape index (κ1) is 21.9. The van der Waals surface area contributed by atoms with Crippen molar-refractivity contribution in [1.82, 2.24) is 0 Å². The number of nitrogens with two attached hydrogens (primary N) is 1. The highest BCUT2D eigenvalue weighted by Gasteiger charge is 2.06. The average Bonchev–Trinajstić information content (AvgIpc) is 2.60. The molecular weight excluding hydrogens is 306 g/mol. The van der Waals surface area contributed by atoms with Crippen LogP contribution in [0, 0.1) is 6.92 Å². The van der Waals surface area contributed by atoms with Gasteiger partial charge in [-0.2, -0.15) is 0 Å². The largest absolute Gasteiger partial charge is 0.491 e. The van der Waals surface area contributed by atoms with Gasteiger partial charge in [0, 0.05) is 0 Å². The van der Waals surface area contributed by atoms with Gasteiger partial charge in [-0.05, 0) is 43.4 Å². The fourth-order valence-corrected chi connectivity index (χ4v) is 3.24. The maximum Gasteiger partial charge on any atom is 0.142 e. The Morgan fingerprint density at radius 1 is 0.760 bits per heavy atom. The lowest BCUT2D eigenvalue weighted by atomic mass is 10.0. The van der Waals surface area contributed by atoms with E-state index in [0.717, 1.165) is 42.9 Å². The molecule has 2 nitrogen and oxygen atoms in total. The van der Waals surface area contributed by atoms with Crippen molar-refractivity contribution >= 4 is 5.69 Å². The number of hydrogen-bond donors (Lipinski definition) is 1. The third kappa shape index (κ3) is 9.77. The van der Waals surface area contributed by atoms with E-state index in [2.05, 4.69) is 32.9 Å². The van der Waals surface area contributed by atoms with Gasteiger partial charge in [0.1, 0.15) is 5.75 Å². The van der Waals surface area contributed by atoms with E-state index >= 15 is 0 Å². The summed E-state index contributed by atoms with van der Waals surface area (Å²) in [5, 5.41) is 0. The number of hydrogen-bond acceptors (Lipinski definition) is 2. The maximum atomic E-state index is 6.16. The van der Waals surface area contributed by atoms with Crippen molar-refractivity contribution in [1.29, 1.82) is 0 Å². The molecule has 2 heteroatoms.